The molecule has 0 radical (unpaired) electrons. The predicted octanol–water partition coefficient (Wildman–Crippen LogP) is 3.01. The van der Waals surface area contributed by atoms with E-state index < -0.39 is 0 Å². The molecule has 0 aliphatic carbocycles. The van der Waals surface area contributed by atoms with Gasteiger partial charge in [-0.2, -0.15) is 0 Å². The van der Waals surface area contributed by atoms with Crippen molar-refractivity contribution in [3.8, 4) is 0 Å². The van der Waals surface area contributed by atoms with Crippen molar-refractivity contribution >= 4 is 27.3 Å². The van der Waals surface area contributed by atoms with Crippen molar-refractivity contribution in [2.24, 2.45) is 0 Å². The number of thiophene rings is 1. The summed E-state index contributed by atoms with van der Waals surface area (Å²) in [7, 11) is 2.18. The Morgan fingerprint density at radius 2 is 2.38 bits per heavy atom. The average Bonchev–Trinajstić information content (AvgIpc) is 2.57. The lowest BCUT2D eigenvalue weighted by molar-refractivity contribution is 0.273. The third-order valence-corrected chi connectivity index (χ3v) is 3.52. The van der Waals surface area contributed by atoms with E-state index in [1.807, 2.05) is 11.3 Å². The van der Waals surface area contributed by atoms with E-state index in [9.17, 15) is 0 Å². The van der Waals surface area contributed by atoms with Crippen LogP contribution in [0.1, 0.15) is 11.8 Å². The Balaban J connectivity index is 2.36. The molecule has 1 rings (SSSR count). The van der Waals surface area contributed by atoms with E-state index in [1.54, 1.807) is 0 Å². The molecule has 3 heteroatoms. The van der Waals surface area contributed by atoms with Gasteiger partial charge >= 0.3 is 0 Å². The summed E-state index contributed by atoms with van der Waals surface area (Å²) in [6, 6.07) is 4.97. The zero-order valence-corrected chi connectivity index (χ0v) is 10.6. The SMILES string of the molecule is CC(Cc1cccs1)N(C)CCBr. The standard InChI is InChI=1S/C10H16BrNS/c1-9(12(2)6-5-11)8-10-4-3-7-13-10/h3-4,7,9H,5-6,8H2,1-2H3. The number of rotatable bonds is 5. The maximum atomic E-state index is 3.46. The van der Waals surface area contributed by atoms with Gasteiger partial charge in [0.25, 0.3) is 0 Å². The lowest BCUT2D eigenvalue weighted by Crippen LogP contribution is -2.32. The van der Waals surface area contributed by atoms with E-state index in [1.165, 1.54) is 11.3 Å². The fraction of sp³-hybridized carbons (Fsp3) is 0.600. The number of likely N-dealkylation sites (N-methyl/N-ethyl adjacent to an activating group) is 1. The van der Waals surface area contributed by atoms with E-state index in [2.05, 4.69) is 52.3 Å². The predicted molar refractivity (Wildman–Crippen MR) is 63.9 cm³/mol. The average molecular weight is 262 g/mol. The molecule has 1 aromatic heterocycles. The highest BCUT2D eigenvalue weighted by atomic mass is 79.9. The van der Waals surface area contributed by atoms with Gasteiger partial charge in [-0.05, 0) is 31.8 Å². The molecule has 1 atom stereocenters. The van der Waals surface area contributed by atoms with Crippen molar-refractivity contribution < 1.29 is 0 Å². The molecule has 1 aromatic rings. The Morgan fingerprint density at radius 1 is 1.62 bits per heavy atom. The van der Waals surface area contributed by atoms with Gasteiger partial charge in [-0.15, -0.1) is 11.3 Å². The summed E-state index contributed by atoms with van der Waals surface area (Å²) in [5, 5.41) is 3.20. The maximum absolute atomic E-state index is 3.46. The van der Waals surface area contributed by atoms with Crippen LogP contribution in [0.3, 0.4) is 0 Å². The molecule has 1 nitrogen and oxygen atoms in total. The minimum atomic E-state index is 0.635. The number of nitrogens with zero attached hydrogens (tertiary/aromatic N) is 1. The normalized spacial score (nSPS) is 13.5. The van der Waals surface area contributed by atoms with Crippen LogP contribution in [0.15, 0.2) is 17.5 Å². The number of alkyl halides is 1. The van der Waals surface area contributed by atoms with Crippen molar-refractivity contribution in [3.05, 3.63) is 22.4 Å². The van der Waals surface area contributed by atoms with Crippen LogP contribution in [-0.4, -0.2) is 29.9 Å². The molecule has 0 aliphatic rings. The second-order valence-corrected chi connectivity index (χ2v) is 5.13. The molecular formula is C10H16BrNS. The molecule has 1 unspecified atom stereocenters. The first-order valence-electron chi connectivity index (χ1n) is 4.52. The zero-order chi connectivity index (χ0) is 9.68. The van der Waals surface area contributed by atoms with Gasteiger partial charge in [0.1, 0.15) is 0 Å². The van der Waals surface area contributed by atoms with Crippen LogP contribution in [0.25, 0.3) is 0 Å². The first-order chi connectivity index (χ1) is 6.24. The summed E-state index contributed by atoms with van der Waals surface area (Å²) >= 11 is 5.31. The highest BCUT2D eigenvalue weighted by molar-refractivity contribution is 9.09. The van der Waals surface area contributed by atoms with E-state index >= 15 is 0 Å². The van der Waals surface area contributed by atoms with Crippen molar-refractivity contribution in [1.82, 2.24) is 4.90 Å². The minimum absolute atomic E-state index is 0.635. The Labute approximate surface area is 92.9 Å². The molecular weight excluding hydrogens is 246 g/mol. The van der Waals surface area contributed by atoms with Crippen molar-refractivity contribution in [2.75, 3.05) is 18.9 Å². The van der Waals surface area contributed by atoms with Crippen molar-refractivity contribution in [3.63, 3.8) is 0 Å². The van der Waals surface area contributed by atoms with Gasteiger partial charge in [-0.1, -0.05) is 22.0 Å². The summed E-state index contributed by atoms with van der Waals surface area (Å²) in [6.45, 7) is 3.40. The van der Waals surface area contributed by atoms with Gasteiger partial charge in [0.2, 0.25) is 0 Å². The van der Waals surface area contributed by atoms with Gasteiger partial charge in [-0.3, -0.25) is 0 Å². The third kappa shape index (κ3) is 3.79. The van der Waals surface area contributed by atoms with Crippen LogP contribution < -0.4 is 0 Å². The minimum Gasteiger partial charge on any atom is -0.303 e. The fourth-order valence-corrected chi connectivity index (χ4v) is 2.62. The second-order valence-electron chi connectivity index (χ2n) is 3.30. The van der Waals surface area contributed by atoms with Gasteiger partial charge in [0.05, 0.1) is 0 Å². The molecule has 0 saturated heterocycles. The molecule has 0 bridgehead atoms. The lowest BCUT2D eigenvalue weighted by atomic mass is 10.2. The molecule has 0 spiro atoms. The van der Waals surface area contributed by atoms with Gasteiger partial charge in [-0.25, -0.2) is 0 Å². The molecule has 74 valence electrons. The van der Waals surface area contributed by atoms with Crippen LogP contribution in [-0.2, 0) is 6.42 Å². The topological polar surface area (TPSA) is 3.24 Å². The zero-order valence-electron chi connectivity index (χ0n) is 8.16. The van der Waals surface area contributed by atoms with Gasteiger partial charge in [0, 0.05) is 22.8 Å². The summed E-state index contributed by atoms with van der Waals surface area (Å²) in [4.78, 5) is 3.86. The van der Waals surface area contributed by atoms with E-state index in [4.69, 9.17) is 0 Å². The Morgan fingerprint density at radius 3 is 2.92 bits per heavy atom. The van der Waals surface area contributed by atoms with Crippen LogP contribution in [0, 0.1) is 0 Å². The monoisotopic (exact) mass is 261 g/mol. The summed E-state index contributed by atoms with van der Waals surface area (Å²) < 4.78 is 0. The largest absolute Gasteiger partial charge is 0.303 e. The maximum Gasteiger partial charge on any atom is 0.0159 e. The first-order valence-corrected chi connectivity index (χ1v) is 6.52. The van der Waals surface area contributed by atoms with E-state index in [0.29, 0.717) is 6.04 Å². The Kier molecular flexibility index (Phi) is 4.99. The molecule has 0 aliphatic heterocycles. The molecule has 0 saturated carbocycles. The van der Waals surface area contributed by atoms with Crippen molar-refractivity contribution in [2.45, 2.75) is 19.4 Å². The summed E-state index contributed by atoms with van der Waals surface area (Å²) in [6.07, 6.45) is 1.17. The van der Waals surface area contributed by atoms with Crippen LogP contribution >= 0.6 is 27.3 Å². The Hall–Kier alpha value is 0.140. The first kappa shape index (κ1) is 11.2. The molecule has 0 fully saturated rings. The highest BCUT2D eigenvalue weighted by Gasteiger charge is 2.09. The third-order valence-electron chi connectivity index (χ3n) is 2.27. The quantitative estimate of drug-likeness (QED) is 0.737. The summed E-state index contributed by atoms with van der Waals surface area (Å²) in [5.74, 6) is 0. The van der Waals surface area contributed by atoms with Crippen molar-refractivity contribution in [1.29, 1.82) is 0 Å². The second kappa shape index (κ2) is 5.78. The van der Waals surface area contributed by atoms with Crippen LogP contribution in [0.4, 0.5) is 0 Å². The molecule has 1 heterocycles. The van der Waals surface area contributed by atoms with Gasteiger partial charge < -0.3 is 4.90 Å². The van der Waals surface area contributed by atoms with E-state index in [0.717, 1.165) is 11.9 Å². The molecule has 0 aromatic carbocycles. The van der Waals surface area contributed by atoms with Crippen LogP contribution in [0.5, 0.6) is 0 Å². The van der Waals surface area contributed by atoms with Crippen LogP contribution in [0.2, 0.25) is 0 Å². The molecule has 0 amide bonds. The highest BCUT2D eigenvalue weighted by Crippen LogP contribution is 2.13. The molecule has 0 N–H and O–H groups in total. The van der Waals surface area contributed by atoms with E-state index in [-0.39, 0.29) is 0 Å². The van der Waals surface area contributed by atoms with Gasteiger partial charge in [0.15, 0.2) is 0 Å². The lowest BCUT2D eigenvalue weighted by Gasteiger charge is -2.23. The number of halogens is 1. The fourth-order valence-electron chi connectivity index (χ4n) is 1.23. The molecule has 13 heavy (non-hydrogen) atoms. The summed E-state index contributed by atoms with van der Waals surface area (Å²) in [5.41, 5.74) is 0. The smallest absolute Gasteiger partial charge is 0.0159 e. The Bertz CT molecular complexity index is 223. The number of hydrogen-bond donors (Lipinski definition) is 0. The number of hydrogen-bond acceptors (Lipinski definition) is 2.